The molecule has 0 aliphatic rings. The van der Waals surface area contributed by atoms with Crippen LogP contribution in [-0.2, 0) is 6.42 Å². The molecule has 0 bridgehead atoms. The van der Waals surface area contributed by atoms with Crippen molar-refractivity contribution in [2.45, 2.75) is 19.4 Å². The molecular formula is C15H13Cl2F2N. The summed E-state index contributed by atoms with van der Waals surface area (Å²) in [6, 6.07) is 8.83. The Labute approximate surface area is 126 Å². The summed E-state index contributed by atoms with van der Waals surface area (Å²) in [6.45, 7) is 1.88. The average Bonchev–Trinajstić information content (AvgIpc) is 2.36. The second kappa shape index (κ2) is 6.42. The lowest BCUT2D eigenvalue weighted by Crippen LogP contribution is -2.19. The number of anilines is 1. The van der Waals surface area contributed by atoms with Crippen LogP contribution in [0.3, 0.4) is 0 Å². The Balaban J connectivity index is 2.13. The highest BCUT2D eigenvalue weighted by molar-refractivity contribution is 6.39. The average molecular weight is 316 g/mol. The Bertz CT molecular complexity index is 594. The first-order chi connectivity index (χ1) is 9.47. The second-order valence-corrected chi connectivity index (χ2v) is 5.40. The van der Waals surface area contributed by atoms with Crippen LogP contribution in [-0.4, -0.2) is 6.04 Å². The number of hydrogen-bond donors (Lipinski definition) is 1. The number of halogens is 4. The number of nitrogens with one attached hydrogen (secondary N) is 1. The van der Waals surface area contributed by atoms with Crippen molar-refractivity contribution in [2.24, 2.45) is 0 Å². The zero-order valence-corrected chi connectivity index (χ0v) is 12.3. The number of benzene rings is 2. The van der Waals surface area contributed by atoms with Crippen molar-refractivity contribution in [1.29, 1.82) is 0 Å². The normalized spacial score (nSPS) is 12.2. The zero-order valence-electron chi connectivity index (χ0n) is 10.8. The minimum Gasteiger partial charge on any atom is -0.380 e. The first-order valence-corrected chi connectivity index (χ1v) is 6.87. The summed E-state index contributed by atoms with van der Waals surface area (Å²) < 4.78 is 26.7. The Morgan fingerprint density at radius 2 is 1.70 bits per heavy atom. The van der Waals surface area contributed by atoms with Crippen LogP contribution >= 0.6 is 23.2 Å². The van der Waals surface area contributed by atoms with Crippen LogP contribution in [0, 0.1) is 11.6 Å². The van der Waals surface area contributed by atoms with E-state index in [9.17, 15) is 8.78 Å². The third-order valence-electron chi connectivity index (χ3n) is 2.88. The van der Waals surface area contributed by atoms with E-state index < -0.39 is 5.82 Å². The van der Waals surface area contributed by atoms with E-state index >= 15 is 0 Å². The van der Waals surface area contributed by atoms with Gasteiger partial charge in [-0.25, -0.2) is 8.78 Å². The lowest BCUT2D eigenvalue weighted by Gasteiger charge is -2.18. The summed E-state index contributed by atoms with van der Waals surface area (Å²) in [4.78, 5) is 0. The molecule has 0 fully saturated rings. The largest absolute Gasteiger partial charge is 0.380 e. The van der Waals surface area contributed by atoms with E-state index in [2.05, 4.69) is 5.32 Å². The first-order valence-electron chi connectivity index (χ1n) is 6.12. The maximum atomic E-state index is 13.6. The lowest BCUT2D eigenvalue weighted by atomic mass is 10.1. The van der Waals surface area contributed by atoms with Crippen molar-refractivity contribution in [3.8, 4) is 0 Å². The fraction of sp³-hybridized carbons (Fsp3) is 0.200. The fourth-order valence-corrected chi connectivity index (χ4v) is 2.54. The van der Waals surface area contributed by atoms with E-state index in [0.717, 1.165) is 0 Å². The Hall–Kier alpha value is -1.32. The number of rotatable bonds is 4. The van der Waals surface area contributed by atoms with E-state index in [4.69, 9.17) is 23.2 Å². The highest BCUT2D eigenvalue weighted by atomic mass is 35.5. The van der Waals surface area contributed by atoms with Gasteiger partial charge in [0.15, 0.2) is 0 Å². The van der Waals surface area contributed by atoms with Crippen LogP contribution in [0.4, 0.5) is 14.5 Å². The molecule has 1 unspecified atom stereocenters. The predicted octanol–water partition coefficient (Wildman–Crippen LogP) is 5.31. The Kier molecular flexibility index (Phi) is 4.84. The molecule has 1 nitrogen and oxygen atoms in total. The molecule has 0 radical (unpaired) electrons. The molecule has 0 saturated carbocycles. The summed E-state index contributed by atoms with van der Waals surface area (Å²) in [5.74, 6) is -0.746. The monoisotopic (exact) mass is 315 g/mol. The maximum Gasteiger partial charge on any atom is 0.126 e. The van der Waals surface area contributed by atoms with Crippen molar-refractivity contribution >= 4 is 28.9 Å². The van der Waals surface area contributed by atoms with E-state index in [1.54, 1.807) is 18.2 Å². The van der Waals surface area contributed by atoms with E-state index in [1.165, 1.54) is 18.2 Å². The van der Waals surface area contributed by atoms with Crippen LogP contribution in [0.5, 0.6) is 0 Å². The van der Waals surface area contributed by atoms with Gasteiger partial charge in [-0.05, 0) is 37.1 Å². The maximum absolute atomic E-state index is 13.6. The van der Waals surface area contributed by atoms with Gasteiger partial charge >= 0.3 is 0 Å². The van der Waals surface area contributed by atoms with Gasteiger partial charge in [-0.2, -0.15) is 0 Å². The molecule has 1 N–H and O–H groups in total. The highest BCUT2D eigenvalue weighted by Gasteiger charge is 2.13. The number of hydrogen-bond acceptors (Lipinski definition) is 1. The van der Waals surface area contributed by atoms with E-state index in [0.29, 0.717) is 17.7 Å². The van der Waals surface area contributed by atoms with Crippen molar-refractivity contribution < 1.29 is 8.78 Å². The van der Waals surface area contributed by atoms with E-state index in [1.807, 2.05) is 6.92 Å². The first kappa shape index (κ1) is 15.1. The lowest BCUT2D eigenvalue weighted by molar-refractivity contribution is 0.601. The van der Waals surface area contributed by atoms with Gasteiger partial charge in [0.1, 0.15) is 11.6 Å². The standard InChI is InChI=1S/C15H13Cl2F2N/c1-9(6-10-4-2-3-5-14(10)19)20-15-12(16)7-11(18)8-13(15)17/h2-5,7-9,20H,6H2,1H3. The molecule has 106 valence electrons. The highest BCUT2D eigenvalue weighted by Crippen LogP contribution is 2.32. The van der Waals surface area contributed by atoms with Crippen LogP contribution in [0.25, 0.3) is 0 Å². The van der Waals surface area contributed by atoms with Crippen LogP contribution in [0.15, 0.2) is 36.4 Å². The summed E-state index contributed by atoms with van der Waals surface area (Å²) in [5.41, 5.74) is 1.06. The van der Waals surface area contributed by atoms with Gasteiger partial charge in [-0.1, -0.05) is 41.4 Å². The molecular weight excluding hydrogens is 303 g/mol. The molecule has 0 heterocycles. The van der Waals surface area contributed by atoms with Gasteiger partial charge in [0, 0.05) is 6.04 Å². The van der Waals surface area contributed by atoms with Crippen LogP contribution in [0.1, 0.15) is 12.5 Å². The van der Waals surface area contributed by atoms with Gasteiger partial charge in [-0.15, -0.1) is 0 Å². The molecule has 1 atom stereocenters. The van der Waals surface area contributed by atoms with Crippen molar-refractivity contribution in [3.63, 3.8) is 0 Å². The molecule has 0 aliphatic carbocycles. The van der Waals surface area contributed by atoms with Gasteiger partial charge < -0.3 is 5.32 Å². The predicted molar refractivity (Wildman–Crippen MR) is 79.6 cm³/mol. The molecule has 0 saturated heterocycles. The third kappa shape index (κ3) is 3.62. The summed E-state index contributed by atoms with van der Waals surface area (Å²) >= 11 is 11.9. The quantitative estimate of drug-likeness (QED) is 0.805. The minimum atomic E-state index is -0.493. The van der Waals surface area contributed by atoms with Crippen molar-refractivity contribution in [3.05, 3.63) is 63.6 Å². The summed E-state index contributed by atoms with van der Waals surface area (Å²) in [6.07, 6.45) is 0.469. The molecule has 5 heteroatoms. The summed E-state index contributed by atoms with van der Waals surface area (Å²) in [7, 11) is 0. The SMILES string of the molecule is CC(Cc1ccccc1F)Nc1c(Cl)cc(F)cc1Cl. The Morgan fingerprint density at radius 1 is 1.10 bits per heavy atom. The minimum absolute atomic E-state index is 0.104. The Morgan fingerprint density at radius 3 is 2.30 bits per heavy atom. The van der Waals surface area contributed by atoms with Gasteiger partial charge in [0.25, 0.3) is 0 Å². The molecule has 0 aromatic heterocycles. The fourth-order valence-electron chi connectivity index (χ4n) is 1.97. The zero-order chi connectivity index (χ0) is 14.7. The summed E-state index contributed by atoms with van der Waals surface area (Å²) in [5, 5.41) is 3.49. The molecule has 0 aliphatic heterocycles. The van der Waals surface area contributed by atoms with Gasteiger partial charge in [-0.3, -0.25) is 0 Å². The van der Waals surface area contributed by atoms with Crippen LogP contribution < -0.4 is 5.32 Å². The third-order valence-corrected chi connectivity index (χ3v) is 3.48. The molecule has 0 amide bonds. The van der Waals surface area contributed by atoms with Crippen molar-refractivity contribution in [2.75, 3.05) is 5.32 Å². The molecule has 2 aromatic rings. The second-order valence-electron chi connectivity index (χ2n) is 4.59. The molecule has 0 spiro atoms. The molecule has 20 heavy (non-hydrogen) atoms. The van der Waals surface area contributed by atoms with E-state index in [-0.39, 0.29) is 21.9 Å². The van der Waals surface area contributed by atoms with Crippen LogP contribution in [0.2, 0.25) is 10.0 Å². The topological polar surface area (TPSA) is 12.0 Å². The van der Waals surface area contributed by atoms with Gasteiger partial charge in [0.2, 0.25) is 0 Å². The molecule has 2 rings (SSSR count). The molecule has 2 aromatic carbocycles. The smallest absolute Gasteiger partial charge is 0.126 e. The van der Waals surface area contributed by atoms with Crippen molar-refractivity contribution in [1.82, 2.24) is 0 Å². The van der Waals surface area contributed by atoms with Gasteiger partial charge in [0.05, 0.1) is 15.7 Å².